The minimum Gasteiger partial charge on any atom is -0.481 e. The second kappa shape index (κ2) is 8.06. The predicted molar refractivity (Wildman–Crippen MR) is 96.5 cm³/mol. The van der Waals surface area contributed by atoms with Gasteiger partial charge in [0.25, 0.3) is 0 Å². The van der Waals surface area contributed by atoms with Crippen molar-refractivity contribution in [2.24, 2.45) is 0 Å². The maximum Gasteiger partial charge on any atom is 0.308 e. The van der Waals surface area contributed by atoms with Crippen molar-refractivity contribution in [2.75, 3.05) is 5.32 Å². The number of nitrogens with one attached hydrogen (secondary N) is 1. The molecule has 5 nitrogen and oxygen atoms in total. The van der Waals surface area contributed by atoms with E-state index in [-0.39, 0.29) is 12.3 Å². The fourth-order valence-electron chi connectivity index (χ4n) is 2.30. The van der Waals surface area contributed by atoms with Gasteiger partial charge in [0.2, 0.25) is 5.91 Å². The normalized spacial score (nSPS) is 10.6. The molecule has 0 saturated carbocycles. The van der Waals surface area contributed by atoms with Crippen LogP contribution in [-0.4, -0.2) is 22.0 Å². The van der Waals surface area contributed by atoms with E-state index in [1.807, 2.05) is 39.0 Å². The third-order valence-corrected chi connectivity index (χ3v) is 4.76. The van der Waals surface area contributed by atoms with Crippen molar-refractivity contribution in [3.05, 3.63) is 34.2 Å². The number of aliphatic carboxylic acids is 1. The summed E-state index contributed by atoms with van der Waals surface area (Å²) in [4.78, 5) is 28.2. The van der Waals surface area contributed by atoms with E-state index < -0.39 is 5.97 Å². The van der Waals surface area contributed by atoms with E-state index in [1.54, 1.807) is 0 Å². The molecule has 0 radical (unpaired) electrons. The summed E-state index contributed by atoms with van der Waals surface area (Å²) >= 11 is 1.23. The summed E-state index contributed by atoms with van der Waals surface area (Å²) in [5.74, 6) is -0.994. The van der Waals surface area contributed by atoms with Crippen molar-refractivity contribution in [2.45, 2.75) is 46.5 Å². The third-order valence-electron chi connectivity index (χ3n) is 3.79. The smallest absolute Gasteiger partial charge is 0.308 e. The van der Waals surface area contributed by atoms with Crippen LogP contribution in [0.5, 0.6) is 0 Å². The number of benzene rings is 1. The molecule has 0 aliphatic rings. The molecule has 2 rings (SSSR count). The van der Waals surface area contributed by atoms with Crippen LogP contribution in [0, 0.1) is 13.8 Å². The van der Waals surface area contributed by atoms with Gasteiger partial charge in [0.15, 0.2) is 5.13 Å². The molecule has 0 aliphatic carbocycles. The number of aromatic nitrogens is 1. The SMILES string of the molecule is CCCCC(=O)Nc1nc(-c2ccc(C)c(C)c2)c(CC(=O)O)s1. The maximum atomic E-state index is 11.9. The number of carboxylic acid groups (broad SMARTS) is 1. The molecule has 2 aromatic rings. The Morgan fingerprint density at radius 2 is 2.00 bits per heavy atom. The van der Waals surface area contributed by atoms with E-state index in [1.165, 1.54) is 16.9 Å². The number of rotatable bonds is 7. The molecule has 0 spiro atoms. The monoisotopic (exact) mass is 346 g/mol. The standard InChI is InChI=1S/C18H22N2O3S/c1-4-5-6-15(21)19-18-20-17(14(24-18)10-16(22)23)13-8-7-11(2)12(3)9-13/h7-9H,4-6,10H2,1-3H3,(H,22,23)(H,19,20,21). The van der Waals surface area contributed by atoms with Gasteiger partial charge in [-0.05, 0) is 37.5 Å². The van der Waals surface area contributed by atoms with Crippen LogP contribution in [0.4, 0.5) is 5.13 Å². The molecular weight excluding hydrogens is 324 g/mol. The van der Waals surface area contributed by atoms with Crippen LogP contribution >= 0.6 is 11.3 Å². The van der Waals surface area contributed by atoms with E-state index in [0.717, 1.165) is 24.0 Å². The number of thiazole rings is 1. The second-order valence-electron chi connectivity index (χ2n) is 5.81. The molecular formula is C18H22N2O3S. The molecule has 2 N–H and O–H groups in total. The zero-order valence-electron chi connectivity index (χ0n) is 14.2. The Kier molecular flexibility index (Phi) is 6.09. The lowest BCUT2D eigenvalue weighted by Crippen LogP contribution is -2.10. The Balaban J connectivity index is 2.32. The number of anilines is 1. The summed E-state index contributed by atoms with van der Waals surface area (Å²) in [6.45, 7) is 6.06. The van der Waals surface area contributed by atoms with Gasteiger partial charge in [-0.15, -0.1) is 11.3 Å². The van der Waals surface area contributed by atoms with Gasteiger partial charge < -0.3 is 10.4 Å². The average molecular weight is 346 g/mol. The molecule has 0 bridgehead atoms. The Morgan fingerprint density at radius 3 is 2.62 bits per heavy atom. The predicted octanol–water partition coefficient (Wildman–Crippen LogP) is 4.18. The van der Waals surface area contributed by atoms with Crippen LogP contribution in [0.25, 0.3) is 11.3 Å². The zero-order chi connectivity index (χ0) is 17.7. The van der Waals surface area contributed by atoms with Gasteiger partial charge in [-0.1, -0.05) is 25.5 Å². The number of hydrogen-bond acceptors (Lipinski definition) is 4. The van der Waals surface area contributed by atoms with Crippen molar-refractivity contribution in [1.29, 1.82) is 0 Å². The Morgan fingerprint density at radius 1 is 1.25 bits per heavy atom. The minimum atomic E-state index is -0.910. The number of carbonyl (C=O) groups is 2. The highest BCUT2D eigenvalue weighted by molar-refractivity contribution is 7.16. The van der Waals surface area contributed by atoms with Gasteiger partial charge in [-0.3, -0.25) is 9.59 Å². The van der Waals surface area contributed by atoms with Gasteiger partial charge in [-0.2, -0.15) is 0 Å². The lowest BCUT2D eigenvalue weighted by atomic mass is 10.0. The third kappa shape index (κ3) is 4.64. The molecule has 0 unspecified atom stereocenters. The van der Waals surface area contributed by atoms with Crippen molar-refractivity contribution < 1.29 is 14.7 Å². The second-order valence-corrected chi connectivity index (χ2v) is 6.90. The fourth-order valence-corrected chi connectivity index (χ4v) is 3.29. The van der Waals surface area contributed by atoms with Gasteiger partial charge in [-0.25, -0.2) is 4.98 Å². The van der Waals surface area contributed by atoms with Crippen LogP contribution in [-0.2, 0) is 16.0 Å². The lowest BCUT2D eigenvalue weighted by molar-refractivity contribution is -0.136. The van der Waals surface area contributed by atoms with Crippen molar-refractivity contribution in [3.63, 3.8) is 0 Å². The average Bonchev–Trinajstić information content (AvgIpc) is 2.89. The summed E-state index contributed by atoms with van der Waals surface area (Å²) in [5.41, 5.74) is 3.80. The molecule has 24 heavy (non-hydrogen) atoms. The molecule has 1 heterocycles. The number of amides is 1. The molecule has 0 aliphatic heterocycles. The highest BCUT2D eigenvalue weighted by Gasteiger charge is 2.17. The van der Waals surface area contributed by atoms with E-state index in [9.17, 15) is 9.59 Å². The zero-order valence-corrected chi connectivity index (χ0v) is 15.0. The first kappa shape index (κ1) is 18.1. The Bertz CT molecular complexity index is 753. The summed E-state index contributed by atoms with van der Waals surface area (Å²) in [6.07, 6.45) is 2.11. The fraction of sp³-hybridized carbons (Fsp3) is 0.389. The van der Waals surface area contributed by atoms with E-state index in [4.69, 9.17) is 5.11 Å². The number of carboxylic acids is 1. The van der Waals surface area contributed by atoms with E-state index >= 15 is 0 Å². The summed E-state index contributed by atoms with van der Waals surface area (Å²) in [6, 6.07) is 5.93. The van der Waals surface area contributed by atoms with Crippen LogP contribution in [0.3, 0.4) is 0 Å². The summed E-state index contributed by atoms with van der Waals surface area (Å²) in [5, 5.41) is 12.4. The summed E-state index contributed by atoms with van der Waals surface area (Å²) in [7, 11) is 0. The number of hydrogen-bond donors (Lipinski definition) is 2. The summed E-state index contributed by atoms with van der Waals surface area (Å²) < 4.78 is 0. The number of unbranched alkanes of at least 4 members (excludes halogenated alkanes) is 1. The molecule has 128 valence electrons. The topological polar surface area (TPSA) is 79.3 Å². The first-order valence-electron chi connectivity index (χ1n) is 7.99. The van der Waals surface area contributed by atoms with Crippen molar-refractivity contribution in [3.8, 4) is 11.3 Å². The van der Waals surface area contributed by atoms with Crippen molar-refractivity contribution >= 4 is 28.3 Å². The van der Waals surface area contributed by atoms with Crippen LogP contribution in [0.1, 0.15) is 42.2 Å². The van der Waals surface area contributed by atoms with E-state index in [2.05, 4.69) is 10.3 Å². The molecule has 0 atom stereocenters. The number of carbonyl (C=O) groups excluding carboxylic acids is 1. The molecule has 6 heteroatoms. The van der Waals surface area contributed by atoms with Gasteiger partial charge >= 0.3 is 5.97 Å². The number of nitrogens with zero attached hydrogens (tertiary/aromatic N) is 1. The van der Waals surface area contributed by atoms with Gasteiger partial charge in [0.05, 0.1) is 12.1 Å². The van der Waals surface area contributed by atoms with Gasteiger partial charge in [0.1, 0.15) is 0 Å². The van der Waals surface area contributed by atoms with Crippen LogP contribution in [0.15, 0.2) is 18.2 Å². The highest BCUT2D eigenvalue weighted by atomic mass is 32.1. The maximum absolute atomic E-state index is 11.9. The quantitative estimate of drug-likeness (QED) is 0.788. The first-order chi connectivity index (χ1) is 11.4. The van der Waals surface area contributed by atoms with Crippen LogP contribution in [0.2, 0.25) is 0 Å². The molecule has 0 saturated heterocycles. The molecule has 1 amide bonds. The largest absolute Gasteiger partial charge is 0.481 e. The Labute approximate surface area is 145 Å². The molecule has 1 aromatic heterocycles. The Hall–Kier alpha value is -2.21. The highest BCUT2D eigenvalue weighted by Crippen LogP contribution is 2.32. The minimum absolute atomic E-state index is 0.0842. The van der Waals surface area contributed by atoms with Crippen molar-refractivity contribution in [1.82, 2.24) is 4.98 Å². The first-order valence-corrected chi connectivity index (χ1v) is 8.81. The number of aryl methyl sites for hydroxylation is 2. The van der Waals surface area contributed by atoms with Gasteiger partial charge in [0, 0.05) is 16.9 Å². The lowest BCUT2D eigenvalue weighted by Gasteiger charge is -2.04. The van der Waals surface area contributed by atoms with Crippen LogP contribution < -0.4 is 5.32 Å². The molecule has 0 fully saturated rings. The van der Waals surface area contributed by atoms with E-state index in [0.29, 0.717) is 22.1 Å². The molecule has 1 aromatic carbocycles.